The molecule has 2 N–H and O–H groups in total. The summed E-state index contributed by atoms with van der Waals surface area (Å²) in [6.07, 6.45) is 4.77. The van der Waals surface area contributed by atoms with Crippen LogP contribution < -0.4 is 15.5 Å². The number of halogens is 1. The smallest absolute Gasteiger partial charge is 0.227 e. The molecule has 10 heteroatoms. The van der Waals surface area contributed by atoms with Crippen LogP contribution in [0.15, 0.2) is 29.3 Å². The lowest BCUT2D eigenvalue weighted by Gasteiger charge is -2.16. The van der Waals surface area contributed by atoms with Crippen molar-refractivity contribution in [2.24, 2.45) is 12.0 Å². The van der Waals surface area contributed by atoms with E-state index in [-0.39, 0.29) is 29.9 Å². The van der Waals surface area contributed by atoms with Crippen LogP contribution in [0.25, 0.3) is 0 Å². The number of nitrogens with zero attached hydrogens (tertiary/aromatic N) is 5. The average Bonchev–Trinajstić information content (AvgIpc) is 3.33. The van der Waals surface area contributed by atoms with Crippen LogP contribution in [-0.2, 0) is 24.9 Å². The zero-order valence-electron chi connectivity index (χ0n) is 18.4. The summed E-state index contributed by atoms with van der Waals surface area (Å²) in [7, 11) is 1.96. The van der Waals surface area contributed by atoms with Gasteiger partial charge in [-0.25, -0.2) is 4.99 Å². The van der Waals surface area contributed by atoms with Gasteiger partial charge in [0.25, 0.3) is 0 Å². The van der Waals surface area contributed by atoms with Crippen molar-refractivity contribution < 1.29 is 4.79 Å². The minimum absolute atomic E-state index is 0. The predicted molar refractivity (Wildman–Crippen MR) is 138 cm³/mol. The van der Waals surface area contributed by atoms with Crippen molar-refractivity contribution in [1.29, 1.82) is 0 Å². The largest absolute Gasteiger partial charge is 0.356 e. The number of aromatic nitrogens is 3. The number of carbonyl (C=O) groups excluding carboxylic acids is 1. The van der Waals surface area contributed by atoms with Crippen LogP contribution in [0.4, 0.5) is 5.69 Å². The lowest BCUT2D eigenvalue weighted by molar-refractivity contribution is -0.117. The minimum Gasteiger partial charge on any atom is -0.356 e. The zero-order valence-corrected chi connectivity index (χ0v) is 21.6. The van der Waals surface area contributed by atoms with Crippen LogP contribution in [0, 0.1) is 6.92 Å². The molecule has 0 unspecified atom stereocenters. The topological polar surface area (TPSA) is 87.4 Å². The predicted octanol–water partition coefficient (Wildman–Crippen LogP) is 2.86. The molecule has 1 amide bonds. The van der Waals surface area contributed by atoms with Crippen LogP contribution in [0.3, 0.4) is 0 Å². The Hall–Kier alpha value is -1.82. The fourth-order valence-corrected chi connectivity index (χ4v) is 3.67. The van der Waals surface area contributed by atoms with Crippen molar-refractivity contribution in [3.05, 3.63) is 41.5 Å². The van der Waals surface area contributed by atoms with Gasteiger partial charge in [-0.2, -0.15) is 11.8 Å². The average molecular weight is 558 g/mol. The van der Waals surface area contributed by atoms with Gasteiger partial charge in [0.1, 0.15) is 5.82 Å². The maximum Gasteiger partial charge on any atom is 0.227 e. The number of amides is 1. The summed E-state index contributed by atoms with van der Waals surface area (Å²) >= 11 is 1.84. The van der Waals surface area contributed by atoms with E-state index in [9.17, 15) is 4.79 Å². The number of benzene rings is 1. The van der Waals surface area contributed by atoms with Crippen molar-refractivity contribution in [1.82, 2.24) is 25.4 Å². The number of aliphatic imine (C=N–C) groups is 1. The number of hydrogen-bond donors (Lipinski definition) is 2. The third-order valence-corrected chi connectivity index (χ3v) is 5.85. The standard InChI is InChI=1S/C21H31N7OS.HI/c1-16-25-26-19(27(16)2)15-24-21(22-11-5-13-30-3)23-14-17-7-9-18(10-8-17)28-12-4-6-20(28)29;/h7-10H,4-6,11-15H2,1-3H3,(H2,22,23,24);1H. The lowest BCUT2D eigenvalue weighted by atomic mass is 10.2. The fourth-order valence-electron chi connectivity index (χ4n) is 3.24. The number of nitrogens with one attached hydrogen (secondary N) is 2. The Kier molecular flexibility index (Phi) is 10.6. The Morgan fingerprint density at radius 3 is 2.61 bits per heavy atom. The molecule has 1 aliphatic rings. The number of guanidine groups is 1. The molecule has 3 rings (SSSR count). The second-order valence-electron chi connectivity index (χ2n) is 7.33. The van der Waals surface area contributed by atoms with E-state index in [1.807, 2.05) is 59.5 Å². The number of rotatable bonds is 9. The van der Waals surface area contributed by atoms with Crippen molar-refractivity contribution in [3.63, 3.8) is 0 Å². The van der Waals surface area contributed by atoms with Crippen LogP contribution in [-0.4, -0.2) is 51.7 Å². The van der Waals surface area contributed by atoms with Crippen LogP contribution in [0.5, 0.6) is 0 Å². The van der Waals surface area contributed by atoms with Crippen molar-refractivity contribution in [3.8, 4) is 0 Å². The minimum atomic E-state index is 0. The van der Waals surface area contributed by atoms with E-state index in [0.717, 1.165) is 60.5 Å². The van der Waals surface area contributed by atoms with Gasteiger partial charge in [-0.05, 0) is 49.5 Å². The molecule has 0 atom stereocenters. The first-order chi connectivity index (χ1) is 14.6. The molecule has 170 valence electrons. The molecule has 1 aromatic heterocycles. The molecular formula is C21H32IN7OS. The quantitative estimate of drug-likeness (QED) is 0.214. The van der Waals surface area contributed by atoms with E-state index in [2.05, 4.69) is 27.1 Å². The summed E-state index contributed by atoms with van der Waals surface area (Å²) in [5, 5.41) is 15.1. The van der Waals surface area contributed by atoms with Crippen LogP contribution in [0.1, 0.15) is 36.5 Å². The van der Waals surface area contributed by atoms with Gasteiger partial charge in [-0.15, -0.1) is 34.2 Å². The molecule has 0 saturated carbocycles. The number of hydrogen-bond acceptors (Lipinski definition) is 5. The third kappa shape index (κ3) is 7.37. The van der Waals surface area contributed by atoms with E-state index in [1.54, 1.807) is 0 Å². The van der Waals surface area contributed by atoms with E-state index in [0.29, 0.717) is 19.5 Å². The van der Waals surface area contributed by atoms with Crippen molar-refractivity contribution in [2.75, 3.05) is 30.0 Å². The van der Waals surface area contributed by atoms with Crippen LogP contribution >= 0.6 is 35.7 Å². The third-order valence-electron chi connectivity index (χ3n) is 5.16. The van der Waals surface area contributed by atoms with Gasteiger partial charge >= 0.3 is 0 Å². The summed E-state index contributed by atoms with van der Waals surface area (Å²) in [4.78, 5) is 18.5. The second-order valence-corrected chi connectivity index (χ2v) is 8.31. The number of aryl methyl sites for hydroxylation is 1. The van der Waals surface area contributed by atoms with Gasteiger partial charge in [0.15, 0.2) is 11.8 Å². The summed E-state index contributed by atoms with van der Waals surface area (Å²) in [6.45, 7) is 4.73. The normalized spacial score (nSPS) is 14.0. The Bertz CT molecular complexity index is 869. The lowest BCUT2D eigenvalue weighted by Crippen LogP contribution is -2.38. The molecule has 0 aliphatic carbocycles. The molecule has 8 nitrogen and oxygen atoms in total. The molecule has 0 radical (unpaired) electrons. The Morgan fingerprint density at radius 1 is 1.23 bits per heavy atom. The first-order valence-electron chi connectivity index (χ1n) is 10.3. The van der Waals surface area contributed by atoms with E-state index in [1.165, 1.54) is 0 Å². The Balaban J connectivity index is 0.00000341. The van der Waals surface area contributed by atoms with Crippen LogP contribution in [0.2, 0.25) is 0 Å². The van der Waals surface area contributed by atoms with Gasteiger partial charge < -0.3 is 20.1 Å². The van der Waals surface area contributed by atoms with Gasteiger partial charge in [0.2, 0.25) is 5.91 Å². The van der Waals surface area contributed by atoms with Crippen molar-refractivity contribution >= 4 is 53.3 Å². The van der Waals surface area contributed by atoms with Gasteiger partial charge in [0.05, 0.1) is 13.1 Å². The number of anilines is 1. The fraction of sp³-hybridized carbons (Fsp3) is 0.524. The summed E-state index contributed by atoms with van der Waals surface area (Å²) < 4.78 is 1.97. The second kappa shape index (κ2) is 12.9. The van der Waals surface area contributed by atoms with E-state index < -0.39 is 0 Å². The first kappa shape index (κ1) is 25.4. The molecule has 31 heavy (non-hydrogen) atoms. The molecule has 2 aromatic rings. The SMILES string of the molecule is CSCCCNC(=NCc1ccc(N2CCCC2=O)cc1)NCc1nnc(C)n1C.I. The number of thioether (sulfide) groups is 1. The molecule has 0 spiro atoms. The molecule has 1 fully saturated rings. The van der Waals surface area contributed by atoms with Gasteiger partial charge in [0, 0.05) is 32.2 Å². The molecular weight excluding hydrogens is 525 g/mol. The van der Waals surface area contributed by atoms with E-state index in [4.69, 9.17) is 4.99 Å². The maximum absolute atomic E-state index is 11.9. The molecule has 1 aromatic carbocycles. The Labute approximate surface area is 205 Å². The number of carbonyl (C=O) groups is 1. The Morgan fingerprint density at radius 2 is 2.00 bits per heavy atom. The maximum atomic E-state index is 11.9. The van der Waals surface area contributed by atoms with E-state index >= 15 is 0 Å². The van der Waals surface area contributed by atoms with Gasteiger partial charge in [-0.1, -0.05) is 12.1 Å². The zero-order chi connectivity index (χ0) is 21.3. The summed E-state index contributed by atoms with van der Waals surface area (Å²) in [5.74, 6) is 3.83. The first-order valence-corrected chi connectivity index (χ1v) is 11.7. The highest BCUT2D eigenvalue weighted by Crippen LogP contribution is 2.21. The summed E-state index contributed by atoms with van der Waals surface area (Å²) in [5.41, 5.74) is 2.07. The summed E-state index contributed by atoms with van der Waals surface area (Å²) in [6, 6.07) is 8.11. The van der Waals surface area contributed by atoms with Gasteiger partial charge in [-0.3, -0.25) is 4.79 Å². The molecule has 0 bridgehead atoms. The molecule has 2 heterocycles. The highest BCUT2D eigenvalue weighted by molar-refractivity contribution is 14.0. The highest BCUT2D eigenvalue weighted by atomic mass is 127. The van der Waals surface area contributed by atoms with Crippen molar-refractivity contribution in [2.45, 2.75) is 39.3 Å². The molecule has 1 saturated heterocycles. The highest BCUT2D eigenvalue weighted by Gasteiger charge is 2.21. The monoisotopic (exact) mass is 557 g/mol. The molecule has 1 aliphatic heterocycles.